The minimum absolute atomic E-state index is 0.218. The SMILES string of the molecule is N#Cc1c(-c2ccc(Cl)cc2)ccnc1Cl. The van der Waals surface area contributed by atoms with Gasteiger partial charge in [-0.25, -0.2) is 4.98 Å². The predicted octanol–water partition coefficient (Wildman–Crippen LogP) is 3.93. The van der Waals surface area contributed by atoms with E-state index >= 15 is 0 Å². The van der Waals surface area contributed by atoms with Crippen molar-refractivity contribution in [2.75, 3.05) is 0 Å². The molecule has 2 aromatic rings. The Hall–Kier alpha value is -1.56. The molecule has 0 spiro atoms. The third-order valence-electron chi connectivity index (χ3n) is 2.17. The monoisotopic (exact) mass is 248 g/mol. The highest BCUT2D eigenvalue weighted by Gasteiger charge is 2.09. The van der Waals surface area contributed by atoms with E-state index in [1.165, 1.54) is 0 Å². The van der Waals surface area contributed by atoms with Gasteiger partial charge in [0.2, 0.25) is 0 Å². The number of nitrogens with zero attached hydrogens (tertiary/aromatic N) is 2. The summed E-state index contributed by atoms with van der Waals surface area (Å²) < 4.78 is 0. The molecule has 1 aromatic carbocycles. The van der Waals surface area contributed by atoms with E-state index in [0.29, 0.717) is 10.6 Å². The maximum atomic E-state index is 9.01. The zero-order chi connectivity index (χ0) is 11.5. The van der Waals surface area contributed by atoms with E-state index in [9.17, 15) is 0 Å². The highest BCUT2D eigenvalue weighted by Crippen LogP contribution is 2.27. The molecule has 2 nitrogen and oxygen atoms in total. The van der Waals surface area contributed by atoms with Crippen molar-refractivity contribution in [1.82, 2.24) is 4.98 Å². The molecule has 1 aromatic heterocycles. The molecular weight excluding hydrogens is 243 g/mol. The van der Waals surface area contributed by atoms with Crippen LogP contribution in [0.4, 0.5) is 0 Å². The average Bonchev–Trinajstić information content (AvgIpc) is 2.30. The standard InChI is InChI=1S/C12H6Cl2N2/c13-9-3-1-8(2-4-9)10-5-6-16-12(14)11(10)7-15/h1-6H. The molecule has 0 N–H and O–H groups in total. The fourth-order valence-corrected chi connectivity index (χ4v) is 1.74. The van der Waals surface area contributed by atoms with E-state index in [2.05, 4.69) is 4.98 Å². The second kappa shape index (κ2) is 4.52. The van der Waals surface area contributed by atoms with Crippen LogP contribution in [-0.2, 0) is 0 Å². The van der Waals surface area contributed by atoms with Crippen LogP contribution in [0.1, 0.15) is 5.56 Å². The minimum Gasteiger partial charge on any atom is -0.243 e. The Bertz CT molecular complexity index is 556. The van der Waals surface area contributed by atoms with Crippen LogP contribution in [0.5, 0.6) is 0 Å². The van der Waals surface area contributed by atoms with Crippen LogP contribution in [0.3, 0.4) is 0 Å². The van der Waals surface area contributed by atoms with Crippen molar-refractivity contribution in [1.29, 1.82) is 5.26 Å². The summed E-state index contributed by atoms with van der Waals surface area (Å²) in [5, 5.41) is 9.89. The van der Waals surface area contributed by atoms with Crippen LogP contribution in [0, 0.1) is 11.3 Å². The van der Waals surface area contributed by atoms with Gasteiger partial charge in [-0.05, 0) is 23.8 Å². The second-order valence-corrected chi connectivity index (χ2v) is 3.94. The maximum Gasteiger partial charge on any atom is 0.147 e. The lowest BCUT2D eigenvalue weighted by atomic mass is 10.0. The van der Waals surface area contributed by atoms with Gasteiger partial charge in [0.15, 0.2) is 0 Å². The molecule has 0 saturated carbocycles. The molecule has 0 atom stereocenters. The van der Waals surface area contributed by atoms with Crippen molar-refractivity contribution >= 4 is 23.2 Å². The summed E-state index contributed by atoms with van der Waals surface area (Å²) in [5.74, 6) is 0. The Balaban J connectivity index is 2.61. The van der Waals surface area contributed by atoms with Gasteiger partial charge in [0, 0.05) is 16.8 Å². The van der Waals surface area contributed by atoms with Crippen molar-refractivity contribution in [2.45, 2.75) is 0 Å². The highest BCUT2D eigenvalue weighted by molar-refractivity contribution is 6.31. The lowest BCUT2D eigenvalue weighted by Crippen LogP contribution is -1.88. The van der Waals surface area contributed by atoms with E-state index in [0.717, 1.165) is 11.1 Å². The Morgan fingerprint density at radius 3 is 2.38 bits per heavy atom. The summed E-state index contributed by atoms with van der Waals surface area (Å²) in [6, 6.07) is 11.0. The van der Waals surface area contributed by atoms with Gasteiger partial charge in [-0.2, -0.15) is 5.26 Å². The molecule has 0 fully saturated rings. The maximum absolute atomic E-state index is 9.01. The molecule has 16 heavy (non-hydrogen) atoms. The number of hydrogen-bond donors (Lipinski definition) is 0. The predicted molar refractivity (Wildman–Crippen MR) is 64.4 cm³/mol. The molecule has 78 valence electrons. The van der Waals surface area contributed by atoms with Crippen LogP contribution in [0.2, 0.25) is 10.2 Å². The van der Waals surface area contributed by atoms with Gasteiger partial charge in [-0.3, -0.25) is 0 Å². The average molecular weight is 249 g/mol. The zero-order valence-corrected chi connectivity index (χ0v) is 9.63. The van der Waals surface area contributed by atoms with Crippen LogP contribution in [0.25, 0.3) is 11.1 Å². The number of aromatic nitrogens is 1. The van der Waals surface area contributed by atoms with Gasteiger partial charge < -0.3 is 0 Å². The van der Waals surface area contributed by atoms with Crippen LogP contribution in [0.15, 0.2) is 36.5 Å². The first-order valence-corrected chi connectivity index (χ1v) is 5.28. The molecule has 0 saturated heterocycles. The molecule has 0 amide bonds. The molecule has 1 heterocycles. The van der Waals surface area contributed by atoms with Gasteiger partial charge >= 0.3 is 0 Å². The number of halogens is 2. The van der Waals surface area contributed by atoms with Gasteiger partial charge in [0.1, 0.15) is 11.2 Å². The fraction of sp³-hybridized carbons (Fsp3) is 0. The minimum atomic E-state index is 0.218. The summed E-state index contributed by atoms with van der Waals surface area (Å²) in [6.45, 7) is 0. The first-order chi connectivity index (χ1) is 7.72. The second-order valence-electron chi connectivity index (χ2n) is 3.14. The van der Waals surface area contributed by atoms with Crippen molar-refractivity contribution in [3.63, 3.8) is 0 Å². The molecule has 0 radical (unpaired) electrons. The molecule has 0 bridgehead atoms. The van der Waals surface area contributed by atoms with Gasteiger partial charge in [-0.15, -0.1) is 0 Å². The number of hydrogen-bond acceptors (Lipinski definition) is 2. The first-order valence-electron chi connectivity index (χ1n) is 4.53. The Kier molecular flexibility index (Phi) is 3.09. The Morgan fingerprint density at radius 1 is 1.06 bits per heavy atom. The number of pyridine rings is 1. The lowest BCUT2D eigenvalue weighted by molar-refractivity contribution is 1.30. The van der Waals surface area contributed by atoms with Crippen LogP contribution >= 0.6 is 23.2 Å². The number of rotatable bonds is 1. The van der Waals surface area contributed by atoms with E-state index in [-0.39, 0.29) is 5.15 Å². The Labute approximate surface area is 103 Å². The molecule has 0 aliphatic carbocycles. The number of benzene rings is 1. The summed E-state index contributed by atoms with van der Waals surface area (Å²) in [6.07, 6.45) is 1.58. The highest BCUT2D eigenvalue weighted by atomic mass is 35.5. The molecule has 0 unspecified atom stereocenters. The molecule has 4 heteroatoms. The van der Waals surface area contributed by atoms with Crippen molar-refractivity contribution in [3.8, 4) is 17.2 Å². The van der Waals surface area contributed by atoms with Crippen LogP contribution < -0.4 is 0 Å². The normalized spacial score (nSPS) is 9.81. The Morgan fingerprint density at radius 2 is 1.75 bits per heavy atom. The van der Waals surface area contributed by atoms with Crippen molar-refractivity contribution in [3.05, 3.63) is 52.3 Å². The summed E-state index contributed by atoms with van der Waals surface area (Å²) >= 11 is 11.7. The smallest absolute Gasteiger partial charge is 0.147 e. The van der Waals surface area contributed by atoms with Gasteiger partial charge in [0.25, 0.3) is 0 Å². The topological polar surface area (TPSA) is 36.7 Å². The third kappa shape index (κ3) is 2.01. The quantitative estimate of drug-likeness (QED) is 0.718. The summed E-state index contributed by atoms with van der Waals surface area (Å²) in [7, 11) is 0. The van der Waals surface area contributed by atoms with E-state index in [1.807, 2.05) is 18.2 Å². The third-order valence-corrected chi connectivity index (χ3v) is 2.71. The zero-order valence-electron chi connectivity index (χ0n) is 8.11. The summed E-state index contributed by atoms with van der Waals surface area (Å²) in [4.78, 5) is 3.87. The molecule has 2 rings (SSSR count). The van der Waals surface area contributed by atoms with Crippen LogP contribution in [-0.4, -0.2) is 4.98 Å². The van der Waals surface area contributed by atoms with Gasteiger partial charge in [0.05, 0.1) is 5.56 Å². The van der Waals surface area contributed by atoms with E-state index in [4.69, 9.17) is 28.5 Å². The van der Waals surface area contributed by atoms with E-state index < -0.39 is 0 Å². The van der Waals surface area contributed by atoms with Crippen molar-refractivity contribution in [2.24, 2.45) is 0 Å². The van der Waals surface area contributed by atoms with Crippen molar-refractivity contribution < 1.29 is 0 Å². The molecular formula is C12H6Cl2N2. The molecule has 0 aliphatic heterocycles. The van der Waals surface area contributed by atoms with Gasteiger partial charge in [-0.1, -0.05) is 35.3 Å². The lowest BCUT2D eigenvalue weighted by Gasteiger charge is -2.04. The fourth-order valence-electron chi connectivity index (χ4n) is 1.41. The number of nitriles is 1. The largest absolute Gasteiger partial charge is 0.243 e. The first kappa shape index (κ1) is 10.9. The molecule has 0 aliphatic rings. The summed E-state index contributed by atoms with van der Waals surface area (Å²) in [5.41, 5.74) is 2.04. The van der Waals surface area contributed by atoms with E-state index in [1.54, 1.807) is 24.4 Å².